The Hall–Kier alpha value is -1.69. The van der Waals surface area contributed by atoms with Gasteiger partial charge in [0.15, 0.2) is 0 Å². The third kappa shape index (κ3) is 3.99. The van der Waals surface area contributed by atoms with Crippen LogP contribution in [0.2, 0.25) is 0 Å². The monoisotopic (exact) mass is 237 g/mol. The number of carbonyl (C=O) groups is 1. The summed E-state index contributed by atoms with van der Waals surface area (Å²) in [4.78, 5) is 25.3. The molecule has 94 valence electrons. The molecule has 2 amide bonds. The van der Waals surface area contributed by atoms with Crippen molar-refractivity contribution >= 4 is 12.0 Å². The lowest BCUT2D eigenvalue weighted by Gasteiger charge is -2.25. The minimum atomic E-state index is -0.113. The predicted molar refractivity (Wildman–Crippen MR) is 67.0 cm³/mol. The van der Waals surface area contributed by atoms with Crippen LogP contribution in [0.3, 0.4) is 0 Å². The lowest BCUT2D eigenvalue weighted by Crippen LogP contribution is -2.43. The Morgan fingerprint density at radius 3 is 2.18 bits per heavy atom. The summed E-state index contributed by atoms with van der Waals surface area (Å²) in [5.41, 5.74) is 0. The summed E-state index contributed by atoms with van der Waals surface area (Å²) in [5, 5.41) is 0. The van der Waals surface area contributed by atoms with Crippen molar-refractivity contribution in [1.29, 1.82) is 0 Å². The first-order chi connectivity index (χ1) is 8.02. The standard InChI is InChI=1S/C11H19N5O/c1-14(2)8-9-16(11(17)15(3)4)10-12-6-5-7-13-10/h5-7H,8-9H2,1-4H3. The van der Waals surface area contributed by atoms with Crippen LogP contribution in [-0.4, -0.2) is 67.1 Å². The molecule has 6 nitrogen and oxygen atoms in total. The van der Waals surface area contributed by atoms with Crippen LogP contribution >= 0.6 is 0 Å². The highest BCUT2D eigenvalue weighted by Gasteiger charge is 2.19. The summed E-state index contributed by atoms with van der Waals surface area (Å²) in [6.45, 7) is 1.33. The minimum Gasteiger partial charge on any atom is -0.330 e. The summed E-state index contributed by atoms with van der Waals surface area (Å²) in [7, 11) is 7.36. The maximum absolute atomic E-state index is 12.0. The first-order valence-corrected chi connectivity index (χ1v) is 5.43. The van der Waals surface area contributed by atoms with E-state index in [0.717, 1.165) is 6.54 Å². The van der Waals surface area contributed by atoms with Gasteiger partial charge in [-0.05, 0) is 20.2 Å². The lowest BCUT2D eigenvalue weighted by molar-refractivity contribution is 0.222. The SMILES string of the molecule is CN(C)CCN(C(=O)N(C)C)c1ncccn1. The topological polar surface area (TPSA) is 52.6 Å². The highest BCUT2D eigenvalue weighted by atomic mass is 16.2. The number of hydrogen-bond donors (Lipinski definition) is 0. The van der Waals surface area contributed by atoms with Gasteiger partial charge in [-0.15, -0.1) is 0 Å². The van der Waals surface area contributed by atoms with Gasteiger partial charge in [-0.3, -0.25) is 4.90 Å². The molecule has 0 fully saturated rings. The van der Waals surface area contributed by atoms with Gasteiger partial charge < -0.3 is 9.80 Å². The van der Waals surface area contributed by atoms with Crippen LogP contribution in [0, 0.1) is 0 Å². The molecule has 1 rings (SSSR count). The minimum absolute atomic E-state index is 0.113. The average molecular weight is 237 g/mol. The molecule has 0 N–H and O–H groups in total. The molecular weight excluding hydrogens is 218 g/mol. The van der Waals surface area contributed by atoms with Crippen molar-refractivity contribution in [3.8, 4) is 0 Å². The van der Waals surface area contributed by atoms with Crippen molar-refractivity contribution in [1.82, 2.24) is 19.8 Å². The maximum atomic E-state index is 12.0. The Labute approximate surface area is 102 Å². The molecule has 0 unspecified atom stereocenters. The summed E-state index contributed by atoms with van der Waals surface area (Å²) in [6.07, 6.45) is 3.27. The van der Waals surface area contributed by atoms with Crippen LogP contribution in [0.1, 0.15) is 0 Å². The van der Waals surface area contributed by atoms with Crippen molar-refractivity contribution in [2.75, 3.05) is 46.2 Å². The van der Waals surface area contributed by atoms with E-state index in [1.807, 2.05) is 19.0 Å². The number of rotatable bonds is 4. The Balaban J connectivity index is 2.83. The normalized spacial score (nSPS) is 10.4. The second-order valence-electron chi connectivity index (χ2n) is 4.18. The molecule has 0 saturated carbocycles. The van der Waals surface area contributed by atoms with Crippen molar-refractivity contribution in [3.05, 3.63) is 18.5 Å². The van der Waals surface area contributed by atoms with E-state index in [1.165, 1.54) is 4.90 Å². The van der Waals surface area contributed by atoms with E-state index in [1.54, 1.807) is 37.5 Å². The number of amides is 2. The van der Waals surface area contributed by atoms with Crippen molar-refractivity contribution in [2.24, 2.45) is 0 Å². The van der Waals surface area contributed by atoms with Gasteiger partial charge in [-0.2, -0.15) is 0 Å². The zero-order valence-corrected chi connectivity index (χ0v) is 10.8. The van der Waals surface area contributed by atoms with Crippen molar-refractivity contribution in [3.63, 3.8) is 0 Å². The molecule has 0 aromatic carbocycles. The Morgan fingerprint density at radius 2 is 1.71 bits per heavy atom. The van der Waals surface area contributed by atoms with Gasteiger partial charge in [0.2, 0.25) is 5.95 Å². The van der Waals surface area contributed by atoms with Gasteiger partial charge in [0.05, 0.1) is 0 Å². The van der Waals surface area contributed by atoms with E-state index in [2.05, 4.69) is 9.97 Å². The largest absolute Gasteiger partial charge is 0.330 e. The Morgan fingerprint density at radius 1 is 1.12 bits per heavy atom. The number of aromatic nitrogens is 2. The van der Waals surface area contributed by atoms with Gasteiger partial charge in [-0.25, -0.2) is 14.8 Å². The molecule has 0 saturated heterocycles. The first-order valence-electron chi connectivity index (χ1n) is 5.43. The van der Waals surface area contributed by atoms with Crippen LogP contribution < -0.4 is 4.90 Å². The number of carbonyl (C=O) groups excluding carboxylic acids is 1. The van der Waals surface area contributed by atoms with Gasteiger partial charge >= 0.3 is 6.03 Å². The smallest absolute Gasteiger partial charge is 0.326 e. The molecule has 1 aromatic rings. The second kappa shape index (κ2) is 6.15. The lowest BCUT2D eigenvalue weighted by atomic mass is 10.5. The zero-order valence-electron chi connectivity index (χ0n) is 10.8. The van der Waals surface area contributed by atoms with Gasteiger partial charge in [-0.1, -0.05) is 0 Å². The molecule has 0 bridgehead atoms. The number of likely N-dealkylation sites (N-methyl/N-ethyl adjacent to an activating group) is 1. The van der Waals surface area contributed by atoms with Crippen LogP contribution in [-0.2, 0) is 0 Å². The fourth-order valence-electron chi connectivity index (χ4n) is 1.25. The quantitative estimate of drug-likeness (QED) is 0.766. The predicted octanol–water partition coefficient (Wildman–Crippen LogP) is 0.526. The average Bonchev–Trinajstić information content (AvgIpc) is 2.30. The fraction of sp³-hybridized carbons (Fsp3) is 0.545. The maximum Gasteiger partial charge on any atom is 0.326 e. The van der Waals surface area contributed by atoms with Gasteiger partial charge in [0, 0.05) is 39.6 Å². The molecule has 0 spiro atoms. The van der Waals surface area contributed by atoms with Gasteiger partial charge in [0.1, 0.15) is 0 Å². The fourth-order valence-corrected chi connectivity index (χ4v) is 1.25. The summed E-state index contributed by atoms with van der Waals surface area (Å²) >= 11 is 0. The molecule has 0 aliphatic carbocycles. The van der Waals surface area contributed by atoms with Crippen LogP contribution in [0.15, 0.2) is 18.5 Å². The summed E-state index contributed by atoms with van der Waals surface area (Å²) in [6, 6.07) is 1.62. The zero-order chi connectivity index (χ0) is 12.8. The van der Waals surface area contributed by atoms with Crippen molar-refractivity contribution < 1.29 is 4.79 Å². The Kier molecular flexibility index (Phi) is 4.84. The van der Waals surface area contributed by atoms with E-state index in [9.17, 15) is 4.79 Å². The summed E-state index contributed by atoms with van der Waals surface area (Å²) in [5.74, 6) is 0.438. The first kappa shape index (κ1) is 13.4. The third-order valence-corrected chi connectivity index (χ3v) is 2.18. The third-order valence-electron chi connectivity index (χ3n) is 2.18. The van der Waals surface area contributed by atoms with E-state index < -0.39 is 0 Å². The van der Waals surface area contributed by atoms with E-state index >= 15 is 0 Å². The number of nitrogens with zero attached hydrogens (tertiary/aromatic N) is 5. The molecule has 0 radical (unpaired) electrons. The van der Waals surface area contributed by atoms with Gasteiger partial charge in [0.25, 0.3) is 0 Å². The second-order valence-corrected chi connectivity index (χ2v) is 4.18. The Bertz CT molecular complexity index is 352. The van der Waals surface area contributed by atoms with E-state index in [0.29, 0.717) is 12.5 Å². The molecule has 0 aliphatic rings. The van der Waals surface area contributed by atoms with E-state index in [4.69, 9.17) is 0 Å². The number of urea groups is 1. The molecule has 17 heavy (non-hydrogen) atoms. The van der Waals surface area contributed by atoms with Crippen molar-refractivity contribution in [2.45, 2.75) is 0 Å². The summed E-state index contributed by atoms with van der Waals surface area (Å²) < 4.78 is 0. The molecule has 6 heteroatoms. The molecular formula is C11H19N5O. The molecule has 1 heterocycles. The molecule has 0 aliphatic heterocycles. The van der Waals surface area contributed by atoms with Crippen LogP contribution in [0.25, 0.3) is 0 Å². The van der Waals surface area contributed by atoms with Crippen LogP contribution in [0.4, 0.5) is 10.7 Å². The number of hydrogen-bond acceptors (Lipinski definition) is 4. The molecule has 1 aromatic heterocycles. The van der Waals surface area contributed by atoms with E-state index in [-0.39, 0.29) is 6.03 Å². The number of anilines is 1. The highest BCUT2D eigenvalue weighted by Crippen LogP contribution is 2.07. The van der Waals surface area contributed by atoms with Crippen LogP contribution in [0.5, 0.6) is 0 Å². The molecule has 0 atom stereocenters. The highest BCUT2D eigenvalue weighted by molar-refractivity contribution is 5.89.